The number of hydrogen-bond donors (Lipinski definition) is 1. The lowest BCUT2D eigenvalue weighted by Crippen LogP contribution is -2.53. The molecule has 0 bridgehead atoms. The van der Waals surface area contributed by atoms with E-state index < -0.39 is 29.4 Å². The number of nitrogens with zero attached hydrogens (tertiary/aromatic N) is 1. The van der Waals surface area contributed by atoms with Crippen LogP contribution in [0.4, 0.5) is 32.0 Å². The summed E-state index contributed by atoms with van der Waals surface area (Å²) in [6.45, 7) is 0. The van der Waals surface area contributed by atoms with Crippen molar-refractivity contribution in [2.45, 2.75) is 18.0 Å². The maximum Gasteiger partial charge on any atom is 0.430 e. The van der Waals surface area contributed by atoms with Gasteiger partial charge in [0.1, 0.15) is 0 Å². The van der Waals surface area contributed by atoms with Crippen LogP contribution in [0, 0.1) is 0 Å². The van der Waals surface area contributed by atoms with Crippen molar-refractivity contribution in [3.05, 3.63) is 65.7 Å². The molecular formula is C17H13F6NO2. The topological polar surface area (TPSA) is 40.5 Å². The monoisotopic (exact) mass is 377 g/mol. The Bertz CT molecular complexity index is 755. The normalized spacial score (nSPS) is 12.8. The number of alkyl halides is 6. The third-order valence-corrected chi connectivity index (χ3v) is 3.82. The van der Waals surface area contributed by atoms with E-state index in [0.29, 0.717) is 17.7 Å². The number of amides is 1. The predicted octanol–water partition coefficient (Wildman–Crippen LogP) is 4.28. The van der Waals surface area contributed by atoms with Gasteiger partial charge in [0, 0.05) is 23.9 Å². The second-order valence-electron chi connectivity index (χ2n) is 5.48. The summed E-state index contributed by atoms with van der Waals surface area (Å²) >= 11 is 0. The first-order valence-electron chi connectivity index (χ1n) is 7.19. The Balaban J connectivity index is 2.37. The third-order valence-electron chi connectivity index (χ3n) is 3.82. The molecule has 9 heteroatoms. The Morgan fingerprint density at radius 2 is 1.31 bits per heavy atom. The molecule has 0 atom stereocenters. The molecule has 0 aliphatic heterocycles. The fraction of sp³-hybridized carbons (Fsp3) is 0.235. The summed E-state index contributed by atoms with van der Waals surface area (Å²) in [5.41, 5.74) is -6.03. The number of halogens is 6. The van der Waals surface area contributed by atoms with Crippen LogP contribution in [0.25, 0.3) is 0 Å². The van der Waals surface area contributed by atoms with Gasteiger partial charge in [0.25, 0.3) is 11.5 Å². The number of carbonyl (C=O) groups excluding carboxylic acids is 1. The van der Waals surface area contributed by atoms with E-state index in [9.17, 15) is 36.2 Å². The summed E-state index contributed by atoms with van der Waals surface area (Å²) in [6, 6.07) is 10.7. The Kier molecular flexibility index (Phi) is 5.05. The summed E-state index contributed by atoms with van der Waals surface area (Å²) in [5.74, 6) is -0.500. The van der Waals surface area contributed by atoms with Crippen LogP contribution >= 0.6 is 0 Å². The number of benzene rings is 2. The van der Waals surface area contributed by atoms with Gasteiger partial charge in [-0.3, -0.25) is 4.79 Å². The van der Waals surface area contributed by atoms with Crippen LogP contribution in [-0.2, 0) is 5.60 Å². The number of hydrogen-bond acceptors (Lipinski definition) is 2. The molecule has 1 amide bonds. The van der Waals surface area contributed by atoms with E-state index >= 15 is 0 Å². The van der Waals surface area contributed by atoms with Gasteiger partial charge in [-0.15, -0.1) is 0 Å². The van der Waals surface area contributed by atoms with Crippen LogP contribution in [0.15, 0.2) is 54.6 Å². The molecule has 140 valence electrons. The van der Waals surface area contributed by atoms with Crippen molar-refractivity contribution < 1.29 is 36.2 Å². The molecule has 0 heterocycles. The van der Waals surface area contributed by atoms with Crippen LogP contribution < -0.4 is 4.90 Å². The maximum absolute atomic E-state index is 12.9. The van der Waals surface area contributed by atoms with Crippen LogP contribution in [-0.4, -0.2) is 30.4 Å². The number of carbonyl (C=O) groups is 1. The summed E-state index contributed by atoms with van der Waals surface area (Å²) in [6.07, 6.45) is -11.9. The Morgan fingerprint density at radius 3 is 1.73 bits per heavy atom. The molecule has 3 nitrogen and oxygen atoms in total. The Labute approximate surface area is 144 Å². The molecule has 1 N–H and O–H groups in total. The zero-order valence-corrected chi connectivity index (χ0v) is 13.3. The van der Waals surface area contributed by atoms with Crippen molar-refractivity contribution in [2.75, 3.05) is 11.9 Å². The maximum atomic E-state index is 12.9. The molecule has 2 rings (SSSR count). The van der Waals surface area contributed by atoms with E-state index in [-0.39, 0.29) is 5.69 Å². The fourth-order valence-electron chi connectivity index (χ4n) is 2.31. The summed E-state index contributed by atoms with van der Waals surface area (Å²) in [5, 5.41) is 9.34. The first kappa shape index (κ1) is 19.8. The number of rotatable bonds is 3. The van der Waals surface area contributed by atoms with Crippen LogP contribution in [0.3, 0.4) is 0 Å². The van der Waals surface area contributed by atoms with Crippen LogP contribution in [0.1, 0.15) is 15.9 Å². The quantitative estimate of drug-likeness (QED) is 0.812. The zero-order valence-electron chi connectivity index (χ0n) is 13.3. The van der Waals surface area contributed by atoms with Crippen LogP contribution in [0.5, 0.6) is 0 Å². The number of aliphatic hydroxyl groups is 1. The minimum absolute atomic E-state index is 0.0642. The van der Waals surface area contributed by atoms with Gasteiger partial charge >= 0.3 is 12.4 Å². The van der Waals surface area contributed by atoms with Crippen molar-refractivity contribution in [3.63, 3.8) is 0 Å². The van der Waals surface area contributed by atoms with Gasteiger partial charge in [0.15, 0.2) is 0 Å². The standard InChI is InChI=1S/C17H13F6NO2/c1-24(14(25)11-5-3-2-4-6-11)13-9-7-12(8-10-13)15(26,16(18,19)20)17(21,22)23/h2-10,26H,1H3. The molecule has 0 spiro atoms. The summed E-state index contributed by atoms with van der Waals surface area (Å²) < 4.78 is 77.2. The van der Waals surface area contributed by atoms with Gasteiger partial charge in [-0.05, 0) is 24.3 Å². The van der Waals surface area contributed by atoms with Crippen molar-refractivity contribution in [1.82, 2.24) is 0 Å². The van der Waals surface area contributed by atoms with Crippen molar-refractivity contribution >= 4 is 11.6 Å². The second kappa shape index (κ2) is 6.64. The van der Waals surface area contributed by atoms with Gasteiger partial charge < -0.3 is 10.0 Å². The lowest BCUT2D eigenvalue weighted by atomic mass is 9.92. The third kappa shape index (κ3) is 3.39. The first-order chi connectivity index (χ1) is 11.9. The van der Waals surface area contributed by atoms with Gasteiger partial charge in [-0.2, -0.15) is 26.3 Å². The average molecular weight is 377 g/mol. The zero-order chi connectivity index (χ0) is 19.8. The van der Waals surface area contributed by atoms with E-state index in [1.54, 1.807) is 18.2 Å². The molecule has 0 saturated heterocycles. The molecule has 2 aromatic rings. The largest absolute Gasteiger partial charge is 0.430 e. The molecule has 0 unspecified atom stereocenters. The smallest absolute Gasteiger partial charge is 0.369 e. The molecule has 0 aliphatic carbocycles. The van der Waals surface area contributed by atoms with Crippen molar-refractivity contribution in [1.29, 1.82) is 0 Å². The highest BCUT2D eigenvalue weighted by atomic mass is 19.4. The van der Waals surface area contributed by atoms with Gasteiger partial charge in [0.05, 0.1) is 0 Å². The molecule has 0 aliphatic rings. The highest BCUT2D eigenvalue weighted by Gasteiger charge is 2.71. The van der Waals surface area contributed by atoms with E-state index in [2.05, 4.69) is 0 Å². The highest BCUT2D eigenvalue weighted by Crippen LogP contribution is 2.50. The molecule has 26 heavy (non-hydrogen) atoms. The second-order valence-corrected chi connectivity index (χ2v) is 5.48. The fourth-order valence-corrected chi connectivity index (χ4v) is 2.31. The summed E-state index contributed by atoms with van der Waals surface area (Å²) in [7, 11) is 1.32. The average Bonchev–Trinajstić information content (AvgIpc) is 2.58. The van der Waals surface area contributed by atoms with Gasteiger partial charge in [-0.1, -0.05) is 30.3 Å². The molecule has 0 fully saturated rings. The molecule has 0 saturated carbocycles. The SMILES string of the molecule is CN(C(=O)c1ccccc1)c1ccc(C(O)(C(F)(F)F)C(F)(F)F)cc1. The summed E-state index contributed by atoms with van der Waals surface area (Å²) in [4.78, 5) is 13.3. The predicted molar refractivity (Wildman–Crippen MR) is 81.6 cm³/mol. The Morgan fingerprint density at radius 1 is 0.846 bits per heavy atom. The van der Waals surface area contributed by atoms with E-state index in [1.165, 1.54) is 19.2 Å². The first-order valence-corrected chi connectivity index (χ1v) is 7.19. The Hall–Kier alpha value is -2.55. The van der Waals surface area contributed by atoms with Gasteiger partial charge in [-0.25, -0.2) is 0 Å². The van der Waals surface area contributed by atoms with E-state index in [4.69, 9.17) is 0 Å². The molecule has 2 aromatic carbocycles. The van der Waals surface area contributed by atoms with Crippen molar-refractivity contribution in [3.8, 4) is 0 Å². The van der Waals surface area contributed by atoms with Crippen molar-refractivity contribution in [2.24, 2.45) is 0 Å². The van der Waals surface area contributed by atoms with E-state index in [0.717, 1.165) is 17.0 Å². The molecule has 0 aromatic heterocycles. The highest BCUT2D eigenvalue weighted by molar-refractivity contribution is 6.05. The lowest BCUT2D eigenvalue weighted by molar-refractivity contribution is -0.376. The van der Waals surface area contributed by atoms with Crippen LogP contribution in [0.2, 0.25) is 0 Å². The minimum atomic E-state index is -5.96. The number of anilines is 1. The molecule has 0 radical (unpaired) electrons. The minimum Gasteiger partial charge on any atom is -0.369 e. The molecular weight excluding hydrogens is 364 g/mol. The lowest BCUT2D eigenvalue weighted by Gasteiger charge is -2.32. The van der Waals surface area contributed by atoms with E-state index in [1.807, 2.05) is 0 Å². The van der Waals surface area contributed by atoms with Gasteiger partial charge in [0.2, 0.25) is 0 Å².